The van der Waals surface area contributed by atoms with Gasteiger partial charge in [0.25, 0.3) is 0 Å². The van der Waals surface area contributed by atoms with Crippen molar-refractivity contribution in [2.24, 2.45) is 0 Å². The number of alkyl halides is 3. The van der Waals surface area contributed by atoms with E-state index in [1.807, 2.05) is 0 Å². The van der Waals surface area contributed by atoms with Gasteiger partial charge < -0.3 is 10.6 Å². The van der Waals surface area contributed by atoms with Crippen LogP contribution in [-0.2, 0) is 12.7 Å². The van der Waals surface area contributed by atoms with Crippen molar-refractivity contribution in [2.45, 2.75) is 19.6 Å². The summed E-state index contributed by atoms with van der Waals surface area (Å²) in [6.45, 7) is 1.69. The van der Waals surface area contributed by atoms with Crippen molar-refractivity contribution in [3.05, 3.63) is 70.9 Å². The number of nitrogens with zero attached hydrogens (tertiary/aromatic N) is 3. The number of benzene rings is 2. The van der Waals surface area contributed by atoms with Crippen LogP contribution in [0.4, 0.5) is 39.5 Å². The minimum atomic E-state index is -4.54. The first kappa shape index (κ1) is 20.5. The molecule has 2 heterocycles. The topological polar surface area (TPSA) is 78.5 Å². The molecule has 160 valence electrons. The Hall–Kier alpha value is -3.76. The van der Waals surface area contributed by atoms with E-state index in [9.17, 15) is 22.0 Å². The Morgan fingerprint density at radius 3 is 2.48 bits per heavy atom. The second kappa shape index (κ2) is 7.82. The number of rotatable bonds is 5. The maximum Gasteiger partial charge on any atom is 0.416 e. The summed E-state index contributed by atoms with van der Waals surface area (Å²) in [6.07, 6.45) is -4.54. The number of hydrogen-bond donors (Lipinski definition) is 3. The van der Waals surface area contributed by atoms with Crippen LogP contribution < -0.4 is 10.6 Å². The van der Waals surface area contributed by atoms with Gasteiger partial charge in [-0.05, 0) is 31.2 Å². The largest absolute Gasteiger partial charge is 0.416 e. The molecule has 0 aliphatic rings. The monoisotopic (exact) mass is 434 g/mol. The fourth-order valence-corrected chi connectivity index (χ4v) is 2.92. The first-order valence-electron chi connectivity index (χ1n) is 9.05. The van der Waals surface area contributed by atoms with Gasteiger partial charge in [0.1, 0.15) is 17.5 Å². The minimum absolute atomic E-state index is 0.0293. The van der Waals surface area contributed by atoms with E-state index in [0.717, 1.165) is 30.0 Å². The number of halogens is 5. The van der Waals surface area contributed by atoms with Gasteiger partial charge in [0, 0.05) is 35.3 Å². The molecule has 0 fully saturated rings. The third kappa shape index (κ3) is 4.55. The molecule has 3 N–H and O–H groups in total. The zero-order valence-corrected chi connectivity index (χ0v) is 16.0. The van der Waals surface area contributed by atoms with Crippen LogP contribution in [0.2, 0.25) is 0 Å². The molecular weight excluding hydrogens is 419 g/mol. The molecular formula is C20H15F5N6. The third-order valence-electron chi connectivity index (χ3n) is 4.43. The SMILES string of the molecule is Cc1cc(Nc2nc(NCc3ccc(F)cc3F)nc3cc(C(F)(F)F)ccc23)n[nH]1. The van der Waals surface area contributed by atoms with Gasteiger partial charge in [0.2, 0.25) is 5.95 Å². The molecule has 2 aromatic heterocycles. The summed E-state index contributed by atoms with van der Waals surface area (Å²) >= 11 is 0. The van der Waals surface area contributed by atoms with Gasteiger partial charge in [-0.15, -0.1) is 0 Å². The van der Waals surface area contributed by atoms with Crippen molar-refractivity contribution in [1.82, 2.24) is 20.2 Å². The molecule has 4 aromatic rings. The van der Waals surface area contributed by atoms with Crippen LogP contribution >= 0.6 is 0 Å². The molecule has 0 aliphatic heterocycles. The van der Waals surface area contributed by atoms with Crippen LogP contribution in [0, 0.1) is 18.6 Å². The molecule has 0 saturated heterocycles. The summed E-state index contributed by atoms with van der Waals surface area (Å²) in [5.74, 6) is -0.896. The highest BCUT2D eigenvalue weighted by molar-refractivity contribution is 5.92. The number of nitrogens with one attached hydrogen (secondary N) is 3. The lowest BCUT2D eigenvalue weighted by Gasteiger charge is -2.13. The number of fused-ring (bicyclic) bond motifs is 1. The van der Waals surface area contributed by atoms with E-state index in [1.165, 1.54) is 12.1 Å². The fraction of sp³-hybridized carbons (Fsp3) is 0.150. The van der Waals surface area contributed by atoms with Gasteiger partial charge in [0.05, 0.1) is 11.1 Å². The lowest BCUT2D eigenvalue weighted by Crippen LogP contribution is -2.09. The average molecular weight is 434 g/mol. The Balaban J connectivity index is 1.72. The van der Waals surface area contributed by atoms with Gasteiger partial charge >= 0.3 is 6.18 Å². The van der Waals surface area contributed by atoms with Crippen molar-refractivity contribution < 1.29 is 22.0 Å². The maximum absolute atomic E-state index is 13.9. The number of aromatic nitrogens is 4. The third-order valence-corrected chi connectivity index (χ3v) is 4.43. The van der Waals surface area contributed by atoms with Gasteiger partial charge in [-0.2, -0.15) is 23.3 Å². The van der Waals surface area contributed by atoms with Crippen molar-refractivity contribution >= 4 is 28.5 Å². The van der Waals surface area contributed by atoms with Crippen LogP contribution in [-0.4, -0.2) is 20.2 Å². The molecule has 11 heteroatoms. The first-order valence-corrected chi connectivity index (χ1v) is 9.05. The highest BCUT2D eigenvalue weighted by Crippen LogP contribution is 2.33. The van der Waals surface area contributed by atoms with E-state index in [4.69, 9.17) is 0 Å². The number of H-pyrrole nitrogens is 1. The Labute approximate surface area is 172 Å². The summed E-state index contributed by atoms with van der Waals surface area (Å²) in [5.41, 5.74) is 0.0781. The molecule has 2 aromatic carbocycles. The normalized spacial score (nSPS) is 11.7. The summed E-state index contributed by atoms with van der Waals surface area (Å²) in [4.78, 5) is 8.43. The Bertz CT molecular complexity index is 1250. The number of hydrogen-bond acceptors (Lipinski definition) is 5. The van der Waals surface area contributed by atoms with E-state index in [0.29, 0.717) is 11.2 Å². The number of aromatic amines is 1. The van der Waals surface area contributed by atoms with E-state index in [-0.39, 0.29) is 29.4 Å². The molecule has 31 heavy (non-hydrogen) atoms. The quantitative estimate of drug-likeness (QED) is 0.371. The van der Waals surface area contributed by atoms with Crippen LogP contribution in [0.3, 0.4) is 0 Å². The standard InChI is InChI=1S/C20H15F5N6/c1-10-6-17(31-30-10)28-18-14-5-3-12(20(23,24)25)7-16(14)27-19(29-18)26-9-11-2-4-13(21)8-15(11)22/h2-8H,9H2,1H3,(H3,26,27,28,29,30,31). The molecule has 0 atom stereocenters. The average Bonchev–Trinajstić information content (AvgIpc) is 3.11. The molecule has 0 saturated carbocycles. The second-order valence-electron chi connectivity index (χ2n) is 6.78. The van der Waals surface area contributed by atoms with Gasteiger partial charge in [-0.1, -0.05) is 6.07 Å². The van der Waals surface area contributed by atoms with Crippen molar-refractivity contribution in [3.63, 3.8) is 0 Å². The number of anilines is 3. The molecule has 0 radical (unpaired) electrons. The molecule has 6 nitrogen and oxygen atoms in total. The summed E-state index contributed by atoms with van der Waals surface area (Å²) in [5, 5.41) is 12.8. The van der Waals surface area contributed by atoms with E-state index in [2.05, 4.69) is 30.8 Å². The molecule has 0 spiro atoms. The van der Waals surface area contributed by atoms with Crippen molar-refractivity contribution in [2.75, 3.05) is 10.6 Å². The molecule has 0 unspecified atom stereocenters. The summed E-state index contributed by atoms with van der Waals surface area (Å²) in [7, 11) is 0. The van der Waals surface area contributed by atoms with E-state index in [1.54, 1.807) is 13.0 Å². The zero-order valence-electron chi connectivity index (χ0n) is 16.0. The smallest absolute Gasteiger partial charge is 0.350 e. The Morgan fingerprint density at radius 1 is 1.00 bits per heavy atom. The zero-order chi connectivity index (χ0) is 22.2. The Morgan fingerprint density at radius 2 is 1.81 bits per heavy atom. The van der Waals surface area contributed by atoms with Gasteiger partial charge in [-0.25, -0.2) is 13.8 Å². The summed E-state index contributed by atoms with van der Waals surface area (Å²) < 4.78 is 66.4. The number of aryl methyl sites for hydroxylation is 1. The fourth-order valence-electron chi connectivity index (χ4n) is 2.92. The predicted molar refractivity (Wildman–Crippen MR) is 105 cm³/mol. The van der Waals surface area contributed by atoms with Crippen LogP contribution in [0.1, 0.15) is 16.8 Å². The van der Waals surface area contributed by atoms with Gasteiger partial charge in [0.15, 0.2) is 5.82 Å². The Kier molecular flexibility index (Phi) is 5.17. The minimum Gasteiger partial charge on any atom is -0.350 e. The lowest BCUT2D eigenvalue weighted by molar-refractivity contribution is -0.137. The van der Waals surface area contributed by atoms with E-state index < -0.39 is 23.4 Å². The maximum atomic E-state index is 13.9. The van der Waals surface area contributed by atoms with E-state index >= 15 is 0 Å². The van der Waals surface area contributed by atoms with Crippen LogP contribution in [0.25, 0.3) is 10.9 Å². The second-order valence-corrected chi connectivity index (χ2v) is 6.78. The van der Waals surface area contributed by atoms with Crippen molar-refractivity contribution in [3.8, 4) is 0 Å². The highest BCUT2D eigenvalue weighted by atomic mass is 19.4. The summed E-state index contributed by atoms with van der Waals surface area (Å²) in [6, 6.07) is 7.90. The predicted octanol–water partition coefficient (Wildman–Crippen LogP) is 5.31. The molecule has 0 bridgehead atoms. The van der Waals surface area contributed by atoms with Crippen molar-refractivity contribution in [1.29, 1.82) is 0 Å². The van der Waals surface area contributed by atoms with Crippen LogP contribution in [0.5, 0.6) is 0 Å². The molecule has 0 aliphatic carbocycles. The molecule has 4 rings (SSSR count). The lowest BCUT2D eigenvalue weighted by atomic mass is 10.1. The molecule has 0 amide bonds. The first-order chi connectivity index (χ1) is 14.7. The highest BCUT2D eigenvalue weighted by Gasteiger charge is 2.31. The van der Waals surface area contributed by atoms with Gasteiger partial charge in [-0.3, -0.25) is 5.10 Å². The van der Waals surface area contributed by atoms with Crippen LogP contribution in [0.15, 0.2) is 42.5 Å².